The van der Waals surface area contributed by atoms with Crippen LogP contribution in [0.1, 0.15) is 32.4 Å². The molecule has 110 valence electrons. The number of benzene rings is 1. The Hall–Kier alpha value is -1.88. The van der Waals surface area contributed by atoms with Crippen LogP contribution in [-0.2, 0) is 14.3 Å². The van der Waals surface area contributed by atoms with Crippen molar-refractivity contribution in [2.24, 2.45) is 5.41 Å². The summed E-state index contributed by atoms with van der Waals surface area (Å²) < 4.78 is 5.19. The monoisotopic (exact) mass is 279 g/mol. The first-order valence-corrected chi connectivity index (χ1v) is 6.38. The Morgan fingerprint density at radius 3 is 2.15 bits per heavy atom. The first-order valence-electron chi connectivity index (χ1n) is 6.38. The number of carboxylic acids is 1. The molecule has 1 aromatic carbocycles. The molecule has 2 N–H and O–H groups in total. The molecule has 0 aliphatic heterocycles. The molecule has 1 aromatic rings. The molecule has 0 heterocycles. The van der Waals surface area contributed by atoms with Gasteiger partial charge in [-0.05, 0) is 11.0 Å². The van der Waals surface area contributed by atoms with Crippen molar-refractivity contribution < 1.29 is 19.4 Å². The number of nitrogens with one attached hydrogen (secondary N) is 1. The molecule has 0 spiro atoms. The Kier molecular flexibility index (Phi) is 5.27. The Morgan fingerprint density at radius 1 is 1.20 bits per heavy atom. The predicted octanol–water partition coefficient (Wildman–Crippen LogP) is 1.99. The maximum absolute atomic E-state index is 12.2. The maximum atomic E-state index is 12.2. The molecular weight excluding hydrogens is 258 g/mol. The van der Waals surface area contributed by atoms with Crippen LogP contribution < -0.4 is 5.32 Å². The smallest absolute Gasteiger partial charge is 0.326 e. The van der Waals surface area contributed by atoms with Gasteiger partial charge in [0.25, 0.3) is 5.91 Å². The second-order valence-electron chi connectivity index (χ2n) is 5.67. The molecule has 0 aliphatic rings. The third kappa shape index (κ3) is 4.06. The Labute approximate surface area is 118 Å². The number of aliphatic carboxylic acids is 1. The van der Waals surface area contributed by atoms with Crippen molar-refractivity contribution in [3.05, 3.63) is 35.9 Å². The highest BCUT2D eigenvalue weighted by molar-refractivity contribution is 5.87. The van der Waals surface area contributed by atoms with Crippen LogP contribution >= 0.6 is 0 Å². The molecule has 2 atom stereocenters. The fraction of sp³-hybridized carbons (Fsp3) is 0.467. The number of carboxylic acid groups (broad SMARTS) is 1. The van der Waals surface area contributed by atoms with Crippen molar-refractivity contribution in [2.45, 2.75) is 32.9 Å². The number of hydrogen-bond acceptors (Lipinski definition) is 3. The van der Waals surface area contributed by atoms with E-state index in [1.807, 2.05) is 6.07 Å². The van der Waals surface area contributed by atoms with E-state index in [1.165, 1.54) is 7.11 Å². The molecule has 1 amide bonds. The Morgan fingerprint density at radius 2 is 1.75 bits per heavy atom. The van der Waals surface area contributed by atoms with Gasteiger partial charge in [-0.1, -0.05) is 51.1 Å². The van der Waals surface area contributed by atoms with Crippen LogP contribution in [0.4, 0.5) is 0 Å². The van der Waals surface area contributed by atoms with Crippen LogP contribution in [-0.4, -0.2) is 30.1 Å². The molecule has 0 fully saturated rings. The molecule has 5 nitrogen and oxygen atoms in total. The number of ether oxygens (including phenoxy) is 1. The molecule has 0 saturated heterocycles. The molecule has 0 radical (unpaired) electrons. The highest BCUT2D eigenvalue weighted by Crippen LogP contribution is 2.22. The van der Waals surface area contributed by atoms with Crippen molar-refractivity contribution in [3.63, 3.8) is 0 Å². The zero-order chi connectivity index (χ0) is 15.3. The van der Waals surface area contributed by atoms with Crippen LogP contribution in [0.2, 0.25) is 0 Å². The average Bonchev–Trinajstić information content (AvgIpc) is 2.36. The van der Waals surface area contributed by atoms with E-state index in [0.29, 0.717) is 5.56 Å². The third-order valence-corrected chi connectivity index (χ3v) is 2.98. The SMILES string of the molecule is COC(C(=O)N[C@@H](C(=O)O)C(C)(C)C)c1ccccc1. The van der Waals surface area contributed by atoms with Gasteiger partial charge in [0.05, 0.1) is 0 Å². The second-order valence-corrected chi connectivity index (χ2v) is 5.67. The second kappa shape index (κ2) is 6.52. The van der Waals surface area contributed by atoms with Gasteiger partial charge in [-0.2, -0.15) is 0 Å². The van der Waals surface area contributed by atoms with E-state index in [1.54, 1.807) is 45.0 Å². The van der Waals surface area contributed by atoms with Gasteiger partial charge in [0.1, 0.15) is 6.04 Å². The highest BCUT2D eigenvalue weighted by Gasteiger charge is 2.34. The van der Waals surface area contributed by atoms with Crippen LogP contribution in [0.25, 0.3) is 0 Å². The lowest BCUT2D eigenvalue weighted by molar-refractivity contribution is -0.147. The summed E-state index contributed by atoms with van der Waals surface area (Å²) in [5, 5.41) is 11.8. The van der Waals surface area contributed by atoms with Crippen LogP contribution in [0, 0.1) is 5.41 Å². The lowest BCUT2D eigenvalue weighted by atomic mass is 9.86. The zero-order valence-electron chi connectivity index (χ0n) is 12.2. The van der Waals surface area contributed by atoms with E-state index < -0.39 is 29.4 Å². The van der Waals surface area contributed by atoms with Crippen LogP contribution in [0.3, 0.4) is 0 Å². The fourth-order valence-corrected chi connectivity index (χ4v) is 1.89. The maximum Gasteiger partial charge on any atom is 0.326 e. The zero-order valence-corrected chi connectivity index (χ0v) is 12.2. The minimum absolute atomic E-state index is 0.457. The van der Waals surface area contributed by atoms with Gasteiger partial charge in [0, 0.05) is 7.11 Å². The summed E-state index contributed by atoms with van der Waals surface area (Å²) in [5.74, 6) is -1.52. The minimum atomic E-state index is -1.06. The Bertz CT molecular complexity index is 465. The number of carbonyl (C=O) groups is 2. The number of rotatable bonds is 5. The molecule has 1 rings (SSSR count). The first-order chi connectivity index (χ1) is 9.27. The normalized spacial score (nSPS) is 14.4. The summed E-state index contributed by atoms with van der Waals surface area (Å²) in [6.45, 7) is 5.28. The van der Waals surface area contributed by atoms with Gasteiger partial charge < -0.3 is 15.2 Å². The quantitative estimate of drug-likeness (QED) is 0.864. The largest absolute Gasteiger partial charge is 0.480 e. The number of methoxy groups -OCH3 is 1. The molecule has 0 saturated carbocycles. The molecule has 0 aromatic heterocycles. The summed E-state index contributed by atoms with van der Waals surface area (Å²) in [7, 11) is 1.42. The van der Waals surface area contributed by atoms with Gasteiger partial charge in [-0.15, -0.1) is 0 Å². The van der Waals surface area contributed by atoms with Crippen molar-refractivity contribution in [2.75, 3.05) is 7.11 Å². The molecule has 5 heteroatoms. The predicted molar refractivity (Wildman–Crippen MR) is 75.2 cm³/mol. The minimum Gasteiger partial charge on any atom is -0.480 e. The first kappa shape index (κ1) is 16.2. The average molecular weight is 279 g/mol. The Balaban J connectivity index is 2.90. The fourth-order valence-electron chi connectivity index (χ4n) is 1.89. The summed E-state index contributed by atoms with van der Waals surface area (Å²) in [4.78, 5) is 23.5. The molecule has 0 aliphatic carbocycles. The van der Waals surface area contributed by atoms with E-state index in [4.69, 9.17) is 4.74 Å². The lowest BCUT2D eigenvalue weighted by Crippen LogP contribution is -2.50. The molecular formula is C15H21NO4. The topological polar surface area (TPSA) is 75.6 Å². The summed E-state index contributed by atoms with van der Waals surface area (Å²) in [5.41, 5.74) is 0.0989. The van der Waals surface area contributed by atoms with Crippen molar-refractivity contribution >= 4 is 11.9 Å². The third-order valence-electron chi connectivity index (χ3n) is 2.98. The highest BCUT2D eigenvalue weighted by atomic mass is 16.5. The van der Waals surface area contributed by atoms with Crippen molar-refractivity contribution in [1.82, 2.24) is 5.32 Å². The van der Waals surface area contributed by atoms with Crippen molar-refractivity contribution in [1.29, 1.82) is 0 Å². The van der Waals surface area contributed by atoms with Gasteiger partial charge in [0.15, 0.2) is 6.10 Å². The summed E-state index contributed by atoms with van der Waals surface area (Å²) in [6, 6.07) is 7.99. The van der Waals surface area contributed by atoms with Gasteiger partial charge in [0.2, 0.25) is 0 Å². The van der Waals surface area contributed by atoms with Gasteiger partial charge >= 0.3 is 5.97 Å². The van der Waals surface area contributed by atoms with Crippen LogP contribution in [0.5, 0.6) is 0 Å². The van der Waals surface area contributed by atoms with E-state index in [9.17, 15) is 14.7 Å². The van der Waals surface area contributed by atoms with E-state index in [0.717, 1.165) is 0 Å². The standard InChI is InChI=1S/C15H21NO4/c1-15(2,3)12(14(18)19)16-13(17)11(20-4)10-8-6-5-7-9-10/h5-9,11-12H,1-4H3,(H,16,17)(H,18,19)/t11?,12-/m0/s1. The number of carbonyl (C=O) groups excluding carboxylic acids is 1. The van der Waals surface area contributed by atoms with Gasteiger partial charge in [-0.25, -0.2) is 4.79 Å². The number of amides is 1. The van der Waals surface area contributed by atoms with E-state index in [2.05, 4.69) is 5.32 Å². The van der Waals surface area contributed by atoms with E-state index in [-0.39, 0.29) is 0 Å². The van der Waals surface area contributed by atoms with Crippen molar-refractivity contribution in [3.8, 4) is 0 Å². The van der Waals surface area contributed by atoms with E-state index >= 15 is 0 Å². The summed E-state index contributed by atoms with van der Waals surface area (Å²) in [6.07, 6.45) is -0.819. The van der Waals surface area contributed by atoms with Crippen LogP contribution in [0.15, 0.2) is 30.3 Å². The molecule has 20 heavy (non-hydrogen) atoms. The summed E-state index contributed by atoms with van der Waals surface area (Å²) >= 11 is 0. The number of hydrogen-bond donors (Lipinski definition) is 2. The molecule has 0 bridgehead atoms. The van der Waals surface area contributed by atoms with Gasteiger partial charge in [-0.3, -0.25) is 4.79 Å². The molecule has 1 unspecified atom stereocenters. The lowest BCUT2D eigenvalue weighted by Gasteiger charge is -2.29.